The number of nitrogen functional groups attached to an aromatic ring is 5. The normalized spacial score (nSPS) is 11.0. The van der Waals surface area contributed by atoms with Crippen LogP contribution in [0.2, 0.25) is 0 Å². The maximum Gasteiger partial charge on any atom is 0.284 e. The zero-order valence-electron chi connectivity index (χ0n) is 12.8. The largest absolute Gasteiger partial charge is 0.451 e. The number of hydrogen-bond acceptors (Lipinski definition) is 7. The molecule has 2 aromatic carbocycles. The van der Waals surface area contributed by atoms with E-state index in [-0.39, 0.29) is 34.2 Å². The number of benzene rings is 2. The summed E-state index contributed by atoms with van der Waals surface area (Å²) in [5.41, 5.74) is 37.9. The summed E-state index contributed by atoms with van der Waals surface area (Å²) in [5.74, 6) is -0.563. The van der Waals surface area contributed by atoms with Crippen LogP contribution >= 0.6 is 0 Å². The fourth-order valence-corrected chi connectivity index (χ4v) is 2.67. The van der Waals surface area contributed by atoms with Gasteiger partial charge in [0.25, 0.3) is 5.91 Å². The number of anilines is 5. The second-order valence-electron chi connectivity index (χ2n) is 5.53. The highest BCUT2D eigenvalue weighted by atomic mass is 16.3. The minimum Gasteiger partial charge on any atom is -0.451 e. The molecular formula is C16H18N6O2. The van der Waals surface area contributed by atoms with E-state index in [4.69, 9.17) is 38.8 Å². The fourth-order valence-electron chi connectivity index (χ4n) is 2.67. The molecule has 0 bridgehead atoms. The Labute approximate surface area is 137 Å². The third-order valence-electron chi connectivity index (χ3n) is 4.05. The summed E-state index contributed by atoms with van der Waals surface area (Å²) in [4.78, 5) is 11.3. The minimum atomic E-state index is -0.642. The van der Waals surface area contributed by atoms with E-state index in [9.17, 15) is 4.79 Å². The summed E-state index contributed by atoms with van der Waals surface area (Å²) in [7, 11) is 0. The van der Waals surface area contributed by atoms with Gasteiger partial charge >= 0.3 is 0 Å². The number of amides is 1. The molecule has 3 aromatic rings. The maximum atomic E-state index is 11.3. The molecule has 0 aliphatic heterocycles. The predicted molar refractivity (Wildman–Crippen MR) is 96.0 cm³/mol. The van der Waals surface area contributed by atoms with Gasteiger partial charge in [-0.25, -0.2) is 0 Å². The molecule has 1 heterocycles. The van der Waals surface area contributed by atoms with Crippen molar-refractivity contribution in [3.05, 3.63) is 41.2 Å². The fraction of sp³-hybridized carbons (Fsp3) is 0.0625. The smallest absolute Gasteiger partial charge is 0.284 e. The van der Waals surface area contributed by atoms with Crippen LogP contribution in [0.25, 0.3) is 11.0 Å². The molecule has 0 aliphatic rings. The van der Waals surface area contributed by atoms with E-state index in [1.165, 1.54) is 0 Å². The van der Waals surface area contributed by atoms with Gasteiger partial charge in [-0.2, -0.15) is 0 Å². The predicted octanol–water partition coefficient (Wildman–Crippen LogP) is 1.03. The Bertz CT molecular complexity index is 947. The van der Waals surface area contributed by atoms with E-state index in [0.29, 0.717) is 17.6 Å². The lowest BCUT2D eigenvalue weighted by molar-refractivity contribution is 0.0976. The third-order valence-corrected chi connectivity index (χ3v) is 4.05. The van der Waals surface area contributed by atoms with Crippen molar-refractivity contribution in [1.29, 1.82) is 0 Å². The zero-order chi connectivity index (χ0) is 17.6. The summed E-state index contributed by atoms with van der Waals surface area (Å²) >= 11 is 0. The number of furan rings is 1. The van der Waals surface area contributed by atoms with Crippen LogP contribution in [0.15, 0.2) is 28.7 Å². The molecule has 0 aliphatic carbocycles. The van der Waals surface area contributed by atoms with Gasteiger partial charge < -0.3 is 38.8 Å². The second-order valence-corrected chi connectivity index (χ2v) is 5.53. The van der Waals surface area contributed by atoms with Gasteiger partial charge in [0.05, 0.1) is 28.4 Å². The van der Waals surface area contributed by atoms with E-state index in [1.54, 1.807) is 6.07 Å². The van der Waals surface area contributed by atoms with Crippen molar-refractivity contribution in [1.82, 2.24) is 0 Å². The Kier molecular flexibility index (Phi) is 3.37. The van der Waals surface area contributed by atoms with E-state index >= 15 is 0 Å². The number of nitrogens with two attached hydrogens (primary N) is 6. The number of hydrogen-bond donors (Lipinski definition) is 6. The number of carbonyl (C=O) groups excluding carboxylic acids is 1. The van der Waals surface area contributed by atoms with Crippen molar-refractivity contribution in [2.45, 2.75) is 6.42 Å². The first-order chi connectivity index (χ1) is 11.3. The highest BCUT2D eigenvalue weighted by Crippen LogP contribution is 2.40. The van der Waals surface area contributed by atoms with E-state index in [0.717, 1.165) is 10.9 Å². The van der Waals surface area contributed by atoms with Crippen LogP contribution in [-0.4, -0.2) is 5.91 Å². The molecule has 0 spiro atoms. The van der Waals surface area contributed by atoms with E-state index in [2.05, 4.69) is 0 Å². The minimum absolute atomic E-state index is 0.0785. The molecule has 24 heavy (non-hydrogen) atoms. The maximum absolute atomic E-state index is 11.3. The van der Waals surface area contributed by atoms with Crippen LogP contribution in [0.3, 0.4) is 0 Å². The molecule has 1 amide bonds. The van der Waals surface area contributed by atoms with Crippen molar-refractivity contribution < 1.29 is 9.21 Å². The Morgan fingerprint density at radius 2 is 1.50 bits per heavy atom. The molecule has 8 heteroatoms. The lowest BCUT2D eigenvalue weighted by atomic mass is 9.97. The quantitative estimate of drug-likeness (QED) is 0.388. The van der Waals surface area contributed by atoms with Crippen molar-refractivity contribution in [2.75, 3.05) is 28.7 Å². The molecular weight excluding hydrogens is 308 g/mol. The number of primary amides is 1. The summed E-state index contributed by atoms with van der Waals surface area (Å²) in [5, 5.41) is 0.745. The molecule has 1 aromatic heterocycles. The summed E-state index contributed by atoms with van der Waals surface area (Å²) in [6.45, 7) is 0. The Morgan fingerprint density at radius 1 is 0.917 bits per heavy atom. The molecule has 8 nitrogen and oxygen atoms in total. The molecule has 0 saturated carbocycles. The van der Waals surface area contributed by atoms with Gasteiger partial charge in [-0.15, -0.1) is 0 Å². The van der Waals surface area contributed by atoms with Gasteiger partial charge in [-0.05, 0) is 11.6 Å². The molecule has 0 saturated heterocycles. The van der Waals surface area contributed by atoms with Crippen molar-refractivity contribution in [2.24, 2.45) is 5.73 Å². The average Bonchev–Trinajstić information content (AvgIpc) is 3.00. The molecule has 0 atom stereocenters. The highest BCUT2D eigenvalue weighted by Gasteiger charge is 2.18. The zero-order valence-corrected chi connectivity index (χ0v) is 12.8. The number of carbonyl (C=O) groups is 1. The summed E-state index contributed by atoms with van der Waals surface area (Å²) in [6, 6.07) is 7.05. The Balaban J connectivity index is 2.16. The Hall–Kier alpha value is -3.55. The lowest BCUT2D eigenvalue weighted by Crippen LogP contribution is -2.11. The molecule has 3 rings (SSSR count). The average molecular weight is 326 g/mol. The van der Waals surface area contributed by atoms with Gasteiger partial charge in [0.2, 0.25) is 0 Å². The first-order valence-electron chi connectivity index (χ1n) is 7.12. The molecule has 124 valence electrons. The van der Waals surface area contributed by atoms with Crippen molar-refractivity contribution in [3.8, 4) is 0 Å². The van der Waals surface area contributed by atoms with E-state index in [1.807, 2.05) is 18.2 Å². The van der Waals surface area contributed by atoms with Gasteiger partial charge in [-0.3, -0.25) is 4.79 Å². The van der Waals surface area contributed by atoms with Gasteiger partial charge in [0.1, 0.15) is 5.58 Å². The van der Waals surface area contributed by atoms with Crippen LogP contribution in [0.5, 0.6) is 0 Å². The van der Waals surface area contributed by atoms with Gasteiger partial charge in [-0.1, -0.05) is 18.2 Å². The van der Waals surface area contributed by atoms with E-state index < -0.39 is 5.91 Å². The third kappa shape index (κ3) is 2.21. The number of para-hydroxylation sites is 1. The monoisotopic (exact) mass is 326 g/mol. The summed E-state index contributed by atoms with van der Waals surface area (Å²) < 4.78 is 5.55. The topological polar surface area (TPSA) is 186 Å². The standard InChI is InChI=1S/C16H18N6O2/c17-10-8(11(18)13(20)14(21)12(10)19)4-6-2-1-3-7-5-9(16(22)23)24-15(6)7/h1-3,5H,4,17-21H2,(H2,22,23). The van der Waals surface area contributed by atoms with Gasteiger partial charge in [0.15, 0.2) is 5.76 Å². The van der Waals surface area contributed by atoms with Crippen LogP contribution in [0.1, 0.15) is 21.7 Å². The molecule has 0 fully saturated rings. The van der Waals surface area contributed by atoms with Crippen molar-refractivity contribution >= 4 is 45.3 Å². The van der Waals surface area contributed by atoms with Crippen molar-refractivity contribution in [3.63, 3.8) is 0 Å². The summed E-state index contributed by atoms with van der Waals surface area (Å²) in [6.07, 6.45) is 0.315. The Morgan fingerprint density at radius 3 is 2.08 bits per heavy atom. The molecule has 12 N–H and O–H groups in total. The van der Waals surface area contributed by atoms with Crippen LogP contribution in [-0.2, 0) is 6.42 Å². The molecule has 0 unspecified atom stereocenters. The second kappa shape index (κ2) is 5.27. The number of fused-ring (bicyclic) bond motifs is 1. The molecule has 0 radical (unpaired) electrons. The first kappa shape index (κ1) is 15.3. The highest BCUT2D eigenvalue weighted by molar-refractivity contribution is 5.98. The van der Waals surface area contributed by atoms with Crippen LogP contribution < -0.4 is 34.4 Å². The SMILES string of the molecule is NC(=O)c1cc2cccc(Cc3c(N)c(N)c(N)c(N)c3N)c2o1. The lowest BCUT2D eigenvalue weighted by Gasteiger charge is -2.17. The van der Waals surface area contributed by atoms with Crippen LogP contribution in [0.4, 0.5) is 28.4 Å². The first-order valence-corrected chi connectivity index (χ1v) is 7.12. The van der Waals surface area contributed by atoms with Gasteiger partial charge in [0, 0.05) is 17.4 Å². The van der Waals surface area contributed by atoms with Crippen LogP contribution in [0, 0.1) is 0 Å². The number of rotatable bonds is 3.